The number of nitro groups is 1. The number of hydrogen-bond acceptors (Lipinski definition) is 5. The molecule has 15 heavy (non-hydrogen) atoms. The van der Waals surface area contributed by atoms with E-state index in [0.29, 0.717) is 0 Å². The predicted octanol–water partition coefficient (Wildman–Crippen LogP) is 1.24. The van der Waals surface area contributed by atoms with E-state index < -0.39 is 16.4 Å². The van der Waals surface area contributed by atoms with Crippen molar-refractivity contribution in [2.24, 2.45) is 0 Å². The number of benzene rings is 1. The normalized spacial score (nSPS) is 8.93. The van der Waals surface area contributed by atoms with Crippen molar-refractivity contribution in [2.75, 3.05) is 0 Å². The van der Waals surface area contributed by atoms with Crippen LogP contribution >= 0.6 is 0 Å². The molecule has 0 saturated heterocycles. The first-order valence-corrected chi connectivity index (χ1v) is 3.87. The van der Waals surface area contributed by atoms with Crippen LogP contribution < -0.4 is 0 Å². The molecule has 1 aromatic rings. The summed E-state index contributed by atoms with van der Waals surface area (Å²) in [7, 11) is 0. The van der Waals surface area contributed by atoms with E-state index in [2.05, 4.69) is 0 Å². The van der Waals surface area contributed by atoms with Crippen molar-refractivity contribution in [3.63, 3.8) is 0 Å². The first kappa shape index (κ1) is 10.5. The molecule has 0 unspecified atom stereocenters. The molecule has 74 valence electrons. The molecule has 0 amide bonds. The van der Waals surface area contributed by atoms with Crippen LogP contribution in [0.3, 0.4) is 0 Å². The van der Waals surface area contributed by atoms with Gasteiger partial charge < -0.3 is 5.11 Å². The summed E-state index contributed by atoms with van der Waals surface area (Å²) in [5, 5.41) is 36.9. The quantitative estimate of drug-likeness (QED) is 0.574. The Morgan fingerprint density at radius 1 is 1.47 bits per heavy atom. The lowest BCUT2D eigenvalue weighted by atomic mass is 10.1. The Balaban J connectivity index is 3.45. The summed E-state index contributed by atoms with van der Waals surface area (Å²) in [6, 6.07) is 5.53. The molecule has 6 nitrogen and oxygen atoms in total. The van der Waals surface area contributed by atoms with E-state index in [4.69, 9.17) is 10.5 Å². The molecule has 0 bridgehead atoms. The first-order chi connectivity index (χ1) is 7.10. The van der Waals surface area contributed by atoms with E-state index in [1.807, 2.05) is 0 Å². The predicted molar refractivity (Wildman–Crippen MR) is 48.8 cm³/mol. The number of nitriles is 2. The maximum absolute atomic E-state index is 10.6. The molecule has 0 atom stereocenters. The molecule has 6 heteroatoms. The van der Waals surface area contributed by atoms with E-state index in [1.165, 1.54) is 0 Å². The molecule has 0 aliphatic carbocycles. The number of hydrogen-bond donors (Lipinski definition) is 1. The third-order valence-electron chi connectivity index (χ3n) is 1.78. The van der Waals surface area contributed by atoms with E-state index in [-0.39, 0.29) is 17.5 Å². The van der Waals surface area contributed by atoms with Crippen molar-refractivity contribution in [2.45, 2.75) is 6.42 Å². The van der Waals surface area contributed by atoms with Gasteiger partial charge in [0.05, 0.1) is 34.6 Å². The molecule has 0 heterocycles. The van der Waals surface area contributed by atoms with Crippen LogP contribution in [0.25, 0.3) is 0 Å². The van der Waals surface area contributed by atoms with Crippen LogP contribution in [0.1, 0.15) is 11.1 Å². The summed E-state index contributed by atoms with van der Waals surface area (Å²) < 4.78 is 0. The fraction of sp³-hybridized carbons (Fsp3) is 0.111. The van der Waals surface area contributed by atoms with Gasteiger partial charge in [-0.25, -0.2) is 0 Å². The molecule has 0 aliphatic rings. The molecule has 0 radical (unpaired) electrons. The van der Waals surface area contributed by atoms with Crippen LogP contribution in [0.15, 0.2) is 12.1 Å². The number of rotatable bonds is 2. The van der Waals surface area contributed by atoms with Crippen LogP contribution in [0.5, 0.6) is 5.75 Å². The van der Waals surface area contributed by atoms with Gasteiger partial charge in [0.25, 0.3) is 5.69 Å². The molecule has 0 saturated carbocycles. The van der Waals surface area contributed by atoms with Gasteiger partial charge in [-0.1, -0.05) is 0 Å². The van der Waals surface area contributed by atoms with Crippen molar-refractivity contribution >= 4 is 5.69 Å². The second kappa shape index (κ2) is 4.07. The molecule has 0 aromatic heterocycles. The maximum atomic E-state index is 10.6. The van der Waals surface area contributed by atoms with Crippen LogP contribution in [0.2, 0.25) is 0 Å². The zero-order valence-electron chi connectivity index (χ0n) is 7.47. The third-order valence-corrected chi connectivity index (χ3v) is 1.78. The van der Waals surface area contributed by atoms with Crippen LogP contribution in [-0.2, 0) is 6.42 Å². The minimum Gasteiger partial charge on any atom is -0.507 e. The molecule has 1 aromatic carbocycles. The fourth-order valence-corrected chi connectivity index (χ4v) is 1.13. The third kappa shape index (κ3) is 2.01. The Morgan fingerprint density at radius 2 is 2.13 bits per heavy atom. The molecular formula is C9H5N3O3. The Bertz CT molecular complexity index is 497. The Kier molecular flexibility index (Phi) is 2.85. The standard InChI is InChI=1S/C9H5N3O3/c10-2-1-7-8(12(14)15)3-6(5-11)4-9(7)13/h3-4,13H,1H2. The minimum absolute atomic E-state index is 0.0131. The SMILES string of the molecule is N#CCc1c(O)cc(C#N)cc1[N+](=O)[O-]. The minimum atomic E-state index is -0.729. The average Bonchev–Trinajstić information content (AvgIpc) is 2.20. The zero-order valence-corrected chi connectivity index (χ0v) is 7.47. The highest BCUT2D eigenvalue weighted by Gasteiger charge is 2.19. The van der Waals surface area contributed by atoms with Gasteiger partial charge in [0, 0.05) is 6.07 Å². The van der Waals surface area contributed by atoms with Gasteiger partial charge in [-0.05, 0) is 6.07 Å². The van der Waals surface area contributed by atoms with E-state index in [0.717, 1.165) is 12.1 Å². The van der Waals surface area contributed by atoms with Crippen molar-refractivity contribution in [3.05, 3.63) is 33.4 Å². The fourth-order valence-electron chi connectivity index (χ4n) is 1.13. The van der Waals surface area contributed by atoms with Gasteiger partial charge in [-0.15, -0.1) is 0 Å². The zero-order chi connectivity index (χ0) is 11.4. The second-order valence-corrected chi connectivity index (χ2v) is 2.70. The molecule has 0 fully saturated rings. The lowest BCUT2D eigenvalue weighted by Crippen LogP contribution is -1.96. The highest BCUT2D eigenvalue weighted by molar-refractivity contribution is 5.55. The number of phenols is 1. The summed E-state index contributed by atoms with van der Waals surface area (Å²) in [6.07, 6.45) is -0.270. The summed E-state index contributed by atoms with van der Waals surface area (Å²) >= 11 is 0. The largest absolute Gasteiger partial charge is 0.507 e. The molecule has 0 aliphatic heterocycles. The summed E-state index contributed by atoms with van der Waals surface area (Å²) in [6.45, 7) is 0. The highest BCUT2D eigenvalue weighted by atomic mass is 16.6. The molecule has 0 spiro atoms. The van der Waals surface area contributed by atoms with Crippen molar-refractivity contribution in [1.29, 1.82) is 10.5 Å². The van der Waals surface area contributed by atoms with Gasteiger partial charge >= 0.3 is 0 Å². The summed E-state index contributed by atoms with van der Waals surface area (Å²) in [4.78, 5) is 9.86. The van der Waals surface area contributed by atoms with Crippen molar-refractivity contribution in [1.82, 2.24) is 0 Å². The lowest BCUT2D eigenvalue weighted by molar-refractivity contribution is -0.385. The van der Waals surface area contributed by atoms with Crippen LogP contribution in [0, 0.1) is 32.8 Å². The number of nitro benzene ring substituents is 1. The topological polar surface area (TPSA) is 111 Å². The van der Waals surface area contributed by atoms with E-state index >= 15 is 0 Å². The molecule has 1 rings (SSSR count). The smallest absolute Gasteiger partial charge is 0.278 e. The van der Waals surface area contributed by atoms with E-state index in [9.17, 15) is 15.2 Å². The van der Waals surface area contributed by atoms with Gasteiger partial charge in [-0.3, -0.25) is 10.1 Å². The number of phenolic OH excluding ortho intramolecular Hbond substituents is 1. The van der Waals surface area contributed by atoms with Gasteiger partial charge in [0.1, 0.15) is 5.75 Å². The molecule has 1 N–H and O–H groups in total. The van der Waals surface area contributed by atoms with Crippen LogP contribution in [-0.4, -0.2) is 10.0 Å². The maximum Gasteiger partial charge on any atom is 0.278 e. The van der Waals surface area contributed by atoms with Gasteiger partial charge in [-0.2, -0.15) is 10.5 Å². The molecular weight excluding hydrogens is 198 g/mol. The number of nitrogens with zero attached hydrogens (tertiary/aromatic N) is 3. The average molecular weight is 203 g/mol. The van der Waals surface area contributed by atoms with Gasteiger partial charge in [0.2, 0.25) is 0 Å². The van der Waals surface area contributed by atoms with E-state index in [1.54, 1.807) is 12.1 Å². The Morgan fingerprint density at radius 3 is 2.60 bits per heavy atom. The Hall–Kier alpha value is -2.60. The van der Waals surface area contributed by atoms with Gasteiger partial charge in [0.15, 0.2) is 0 Å². The summed E-state index contributed by atoms with van der Waals surface area (Å²) in [5.41, 5.74) is -0.490. The highest BCUT2D eigenvalue weighted by Crippen LogP contribution is 2.29. The van der Waals surface area contributed by atoms with Crippen molar-refractivity contribution < 1.29 is 10.0 Å². The van der Waals surface area contributed by atoms with Crippen molar-refractivity contribution in [3.8, 4) is 17.9 Å². The monoisotopic (exact) mass is 203 g/mol. The van der Waals surface area contributed by atoms with Crippen LogP contribution in [0.4, 0.5) is 5.69 Å². The lowest BCUT2D eigenvalue weighted by Gasteiger charge is -2.01. The Labute approximate surface area is 84.8 Å². The summed E-state index contributed by atoms with van der Waals surface area (Å²) in [5.74, 6) is -0.401. The first-order valence-electron chi connectivity index (χ1n) is 3.87. The number of aromatic hydroxyl groups is 1. The second-order valence-electron chi connectivity index (χ2n) is 2.70.